The van der Waals surface area contributed by atoms with E-state index in [2.05, 4.69) is 12.4 Å². The lowest BCUT2D eigenvalue weighted by Gasteiger charge is -2.26. The third-order valence-electron chi connectivity index (χ3n) is 3.66. The molecule has 0 saturated carbocycles. The smallest absolute Gasteiger partial charge is 0.279 e. The third kappa shape index (κ3) is 4.10. The summed E-state index contributed by atoms with van der Waals surface area (Å²) in [5.41, 5.74) is 0.708. The molecule has 0 aromatic heterocycles. The number of anilines is 1. The van der Waals surface area contributed by atoms with Crippen LogP contribution >= 0.6 is 11.6 Å². The van der Waals surface area contributed by atoms with Crippen molar-refractivity contribution in [1.82, 2.24) is 0 Å². The molecule has 6 heteroatoms. The molecule has 1 heterocycles. The molecule has 1 aromatic carbocycles. The first-order valence-corrected chi connectivity index (χ1v) is 7.24. The van der Waals surface area contributed by atoms with Gasteiger partial charge in [-0.25, -0.2) is 0 Å². The molecule has 0 bridgehead atoms. The number of hydrogen-bond acceptors (Lipinski definition) is 2. The van der Waals surface area contributed by atoms with Crippen molar-refractivity contribution in [3.8, 4) is 5.75 Å². The molecule has 3 N–H and O–H groups in total. The van der Waals surface area contributed by atoms with Crippen molar-refractivity contribution in [2.45, 2.75) is 0 Å². The number of methoxy groups -OCH3 is 1. The number of hydrogen-bond donors (Lipinski definition) is 3. The van der Waals surface area contributed by atoms with E-state index in [1.54, 1.807) is 25.3 Å². The van der Waals surface area contributed by atoms with Gasteiger partial charge in [0.25, 0.3) is 5.91 Å². The lowest BCUT2D eigenvalue weighted by Crippen LogP contribution is -3.27. The molecular formula is C14H22ClN3O2+2. The van der Waals surface area contributed by atoms with Crippen LogP contribution in [0.1, 0.15) is 0 Å². The number of rotatable bonds is 4. The van der Waals surface area contributed by atoms with Crippen molar-refractivity contribution in [1.29, 1.82) is 0 Å². The van der Waals surface area contributed by atoms with Gasteiger partial charge in [0.05, 0.1) is 19.2 Å². The highest BCUT2D eigenvalue weighted by Crippen LogP contribution is 2.26. The Morgan fingerprint density at radius 1 is 1.35 bits per heavy atom. The second-order valence-electron chi connectivity index (χ2n) is 5.28. The van der Waals surface area contributed by atoms with Crippen molar-refractivity contribution in [2.24, 2.45) is 0 Å². The molecule has 2 rings (SSSR count). The fraction of sp³-hybridized carbons (Fsp3) is 0.500. The Kier molecular flexibility index (Phi) is 5.23. The number of nitrogens with one attached hydrogen (secondary N) is 3. The summed E-state index contributed by atoms with van der Waals surface area (Å²) in [5.74, 6) is 0.637. The van der Waals surface area contributed by atoms with Crippen LogP contribution < -0.4 is 19.9 Å². The molecule has 1 aliphatic rings. The minimum atomic E-state index is 0.0285. The number of carbonyl (C=O) groups is 1. The number of ether oxygens (including phenoxy) is 1. The predicted molar refractivity (Wildman–Crippen MR) is 78.8 cm³/mol. The molecule has 1 aromatic rings. The summed E-state index contributed by atoms with van der Waals surface area (Å²) in [6.07, 6.45) is 0. The Morgan fingerprint density at radius 3 is 2.65 bits per heavy atom. The topological polar surface area (TPSA) is 47.2 Å². The molecule has 0 atom stereocenters. The van der Waals surface area contributed by atoms with E-state index in [0.29, 0.717) is 23.0 Å². The van der Waals surface area contributed by atoms with E-state index in [9.17, 15) is 4.79 Å². The van der Waals surface area contributed by atoms with Gasteiger partial charge < -0.3 is 19.9 Å². The molecule has 5 nitrogen and oxygen atoms in total. The van der Waals surface area contributed by atoms with Crippen LogP contribution in [0.25, 0.3) is 0 Å². The molecule has 0 spiro atoms. The SMILES string of the molecule is COc1ccc(NC(=O)C[NH+]2CC[NH+](C)CC2)cc1Cl. The summed E-state index contributed by atoms with van der Waals surface area (Å²) in [5, 5.41) is 3.39. The first-order valence-electron chi connectivity index (χ1n) is 6.86. The van der Waals surface area contributed by atoms with Crippen LogP contribution in [0.5, 0.6) is 5.75 Å². The Balaban J connectivity index is 1.86. The number of halogens is 1. The number of carbonyl (C=O) groups excluding carboxylic acids is 1. The van der Waals surface area contributed by atoms with Crippen LogP contribution in [-0.2, 0) is 4.79 Å². The molecule has 1 fully saturated rings. The van der Waals surface area contributed by atoms with E-state index in [-0.39, 0.29) is 5.91 Å². The zero-order valence-electron chi connectivity index (χ0n) is 12.0. The average molecular weight is 300 g/mol. The summed E-state index contributed by atoms with van der Waals surface area (Å²) in [6.45, 7) is 4.84. The zero-order valence-corrected chi connectivity index (χ0v) is 12.7. The van der Waals surface area contributed by atoms with E-state index >= 15 is 0 Å². The highest BCUT2D eigenvalue weighted by Gasteiger charge is 2.22. The van der Waals surface area contributed by atoms with Crippen LogP contribution in [0.2, 0.25) is 5.02 Å². The lowest BCUT2D eigenvalue weighted by molar-refractivity contribution is -0.999. The summed E-state index contributed by atoms with van der Waals surface area (Å²) < 4.78 is 5.09. The maximum absolute atomic E-state index is 12.0. The summed E-state index contributed by atoms with van der Waals surface area (Å²) >= 11 is 6.04. The van der Waals surface area contributed by atoms with E-state index in [1.165, 1.54) is 9.80 Å². The highest BCUT2D eigenvalue weighted by molar-refractivity contribution is 6.32. The standard InChI is InChI=1S/C14H20ClN3O2/c1-17-5-7-18(8-6-17)10-14(19)16-11-3-4-13(20-2)12(15)9-11/h3-4,9H,5-8,10H2,1-2H3,(H,16,19)/p+2. The van der Waals surface area contributed by atoms with E-state index in [0.717, 1.165) is 26.2 Å². The third-order valence-corrected chi connectivity index (χ3v) is 3.95. The molecule has 0 aliphatic carbocycles. The van der Waals surface area contributed by atoms with Crippen LogP contribution in [0, 0.1) is 0 Å². The lowest BCUT2D eigenvalue weighted by atomic mass is 10.3. The van der Waals surface area contributed by atoms with Crippen molar-refractivity contribution >= 4 is 23.2 Å². The van der Waals surface area contributed by atoms with Gasteiger partial charge in [0, 0.05) is 5.69 Å². The van der Waals surface area contributed by atoms with Gasteiger partial charge in [0.2, 0.25) is 0 Å². The fourth-order valence-corrected chi connectivity index (χ4v) is 2.64. The zero-order chi connectivity index (χ0) is 14.5. The Labute approximate surface area is 124 Å². The van der Waals surface area contributed by atoms with Crippen molar-refractivity contribution < 1.29 is 19.3 Å². The molecule has 0 unspecified atom stereocenters. The van der Waals surface area contributed by atoms with Crippen LogP contribution in [0.15, 0.2) is 18.2 Å². The van der Waals surface area contributed by atoms with E-state index < -0.39 is 0 Å². The van der Waals surface area contributed by atoms with Gasteiger partial charge in [0.15, 0.2) is 6.54 Å². The first kappa shape index (κ1) is 15.1. The molecule has 110 valence electrons. The van der Waals surface area contributed by atoms with Crippen LogP contribution in [0.4, 0.5) is 5.69 Å². The normalized spacial score (nSPS) is 22.4. The van der Waals surface area contributed by atoms with Gasteiger partial charge in [-0.2, -0.15) is 0 Å². The summed E-state index contributed by atoms with van der Waals surface area (Å²) in [7, 11) is 3.76. The Hall–Kier alpha value is -1.30. The quantitative estimate of drug-likeness (QED) is 0.647. The van der Waals surface area contributed by atoms with Crippen molar-refractivity contribution in [3.63, 3.8) is 0 Å². The minimum absolute atomic E-state index is 0.0285. The number of quaternary nitrogens is 2. The van der Waals surface area contributed by atoms with Crippen molar-refractivity contribution in [2.75, 3.05) is 52.2 Å². The fourth-order valence-electron chi connectivity index (χ4n) is 2.38. The molecular weight excluding hydrogens is 278 g/mol. The number of likely N-dealkylation sites (N-methyl/N-ethyl adjacent to an activating group) is 1. The first-order chi connectivity index (χ1) is 9.58. The van der Waals surface area contributed by atoms with Gasteiger partial charge in [0.1, 0.15) is 31.9 Å². The molecule has 20 heavy (non-hydrogen) atoms. The van der Waals surface area contributed by atoms with Crippen LogP contribution in [0.3, 0.4) is 0 Å². The van der Waals surface area contributed by atoms with Gasteiger partial charge in [-0.05, 0) is 18.2 Å². The Morgan fingerprint density at radius 2 is 2.05 bits per heavy atom. The van der Waals surface area contributed by atoms with E-state index in [1.807, 2.05) is 0 Å². The highest BCUT2D eigenvalue weighted by atomic mass is 35.5. The molecule has 1 saturated heterocycles. The predicted octanol–water partition coefficient (Wildman–Crippen LogP) is -1.30. The summed E-state index contributed by atoms with van der Waals surface area (Å²) in [6, 6.07) is 5.26. The van der Waals surface area contributed by atoms with Gasteiger partial charge in [-0.1, -0.05) is 11.6 Å². The van der Waals surface area contributed by atoms with Gasteiger partial charge in [-0.3, -0.25) is 4.79 Å². The average Bonchev–Trinajstić information content (AvgIpc) is 2.41. The second kappa shape index (κ2) is 6.92. The monoisotopic (exact) mass is 299 g/mol. The summed E-state index contributed by atoms with van der Waals surface area (Å²) in [4.78, 5) is 14.9. The molecule has 1 amide bonds. The number of amides is 1. The van der Waals surface area contributed by atoms with E-state index in [4.69, 9.17) is 16.3 Å². The maximum Gasteiger partial charge on any atom is 0.279 e. The maximum atomic E-state index is 12.0. The van der Waals surface area contributed by atoms with Crippen LogP contribution in [-0.4, -0.2) is 52.8 Å². The second-order valence-corrected chi connectivity index (χ2v) is 5.69. The Bertz CT molecular complexity index is 473. The number of benzene rings is 1. The van der Waals surface area contributed by atoms with Gasteiger partial charge >= 0.3 is 0 Å². The largest absolute Gasteiger partial charge is 0.495 e. The van der Waals surface area contributed by atoms with Crippen molar-refractivity contribution in [3.05, 3.63) is 23.2 Å². The number of piperazine rings is 1. The molecule has 0 radical (unpaired) electrons. The molecule has 1 aliphatic heterocycles. The minimum Gasteiger partial charge on any atom is -0.495 e. The van der Waals surface area contributed by atoms with Gasteiger partial charge in [-0.15, -0.1) is 0 Å².